The highest BCUT2D eigenvalue weighted by Crippen LogP contribution is 2.53. The van der Waals surface area contributed by atoms with E-state index in [2.05, 4.69) is 4.90 Å². The minimum atomic E-state index is -2.72. The lowest BCUT2D eigenvalue weighted by atomic mass is 9.57. The van der Waals surface area contributed by atoms with Crippen molar-refractivity contribution in [1.82, 2.24) is 9.80 Å². The SMILES string of the molecule is CCN(Cc1cc(O)c2c(c1F)C[C@H]1C[C@H]3[C@H](N(C)C)C(=O)C(C(N)=O)=C(O)[C@@]3(O)C(=O)C1=C2O)CC1CCC1. The number of fused-ring (bicyclic) bond motifs is 3. The number of aliphatic hydroxyl groups is 3. The lowest BCUT2D eigenvalue weighted by molar-refractivity contribution is -0.153. The largest absolute Gasteiger partial charge is 0.508 e. The molecule has 4 aliphatic carbocycles. The van der Waals surface area contributed by atoms with Crippen LogP contribution in [0.1, 0.15) is 49.3 Å². The van der Waals surface area contributed by atoms with Gasteiger partial charge in [0.2, 0.25) is 5.78 Å². The first-order valence-electron chi connectivity index (χ1n) is 13.7. The van der Waals surface area contributed by atoms with Gasteiger partial charge in [-0.3, -0.25) is 24.2 Å². The molecule has 10 nitrogen and oxygen atoms in total. The second-order valence-corrected chi connectivity index (χ2v) is 11.8. The summed E-state index contributed by atoms with van der Waals surface area (Å²) in [6.45, 7) is 3.79. The van der Waals surface area contributed by atoms with Crippen molar-refractivity contribution in [3.05, 3.63) is 45.5 Å². The van der Waals surface area contributed by atoms with E-state index in [-0.39, 0.29) is 41.6 Å². The van der Waals surface area contributed by atoms with Gasteiger partial charge in [-0.15, -0.1) is 0 Å². The van der Waals surface area contributed by atoms with Crippen molar-refractivity contribution in [2.24, 2.45) is 23.5 Å². The average molecular weight is 558 g/mol. The van der Waals surface area contributed by atoms with Crippen LogP contribution in [0.4, 0.5) is 4.39 Å². The first-order chi connectivity index (χ1) is 18.8. The van der Waals surface area contributed by atoms with E-state index in [0.29, 0.717) is 12.5 Å². The molecule has 6 N–H and O–H groups in total. The zero-order valence-corrected chi connectivity index (χ0v) is 22.9. The molecule has 1 aromatic rings. The van der Waals surface area contributed by atoms with Crippen molar-refractivity contribution < 1.29 is 39.2 Å². The lowest BCUT2D eigenvalue weighted by Crippen LogP contribution is -2.65. The average Bonchev–Trinajstić information content (AvgIpc) is 2.85. The standard InChI is InChI=1S/C29H36FN3O7/c1-4-33(11-13-6-5-7-13)12-15-10-18(34)20-16(22(15)30)8-14-9-17-23(32(2)3)25(36)21(28(31)39)27(38)29(17,40)26(37)19(14)24(20)35/h10,13-14,17,23,34-35,38,40H,4-9,11-12H2,1-3H3,(H2,31,39)/t14-,17-,23-,29-/m0/s1. The number of halogens is 1. The van der Waals surface area contributed by atoms with Crippen LogP contribution < -0.4 is 5.73 Å². The molecular formula is C29H36FN3O7. The minimum absolute atomic E-state index is 0.0558. The van der Waals surface area contributed by atoms with E-state index in [1.807, 2.05) is 6.92 Å². The quantitative estimate of drug-likeness (QED) is 0.314. The molecule has 216 valence electrons. The summed E-state index contributed by atoms with van der Waals surface area (Å²) in [5, 5.41) is 44.7. The molecule has 1 aromatic carbocycles. The van der Waals surface area contributed by atoms with Gasteiger partial charge < -0.3 is 26.2 Å². The number of Topliss-reactive ketones (excluding diaryl/α,β-unsaturated/α-hetero) is 2. The third-order valence-corrected chi connectivity index (χ3v) is 9.31. The number of hydrogen-bond acceptors (Lipinski definition) is 9. The smallest absolute Gasteiger partial charge is 0.255 e. The molecule has 11 heteroatoms. The molecule has 0 radical (unpaired) electrons. The molecular weight excluding hydrogens is 521 g/mol. The van der Waals surface area contributed by atoms with Gasteiger partial charge in [-0.05, 0) is 64.2 Å². The molecule has 40 heavy (non-hydrogen) atoms. The monoisotopic (exact) mass is 557 g/mol. The molecule has 0 spiro atoms. The molecule has 0 aliphatic heterocycles. The van der Waals surface area contributed by atoms with Crippen LogP contribution in [0.2, 0.25) is 0 Å². The van der Waals surface area contributed by atoms with Gasteiger partial charge in [-0.2, -0.15) is 0 Å². The number of hydrogen-bond donors (Lipinski definition) is 5. The Morgan fingerprint density at radius 2 is 1.88 bits per heavy atom. The Morgan fingerprint density at radius 1 is 1.20 bits per heavy atom. The molecule has 0 aromatic heterocycles. The highest BCUT2D eigenvalue weighted by molar-refractivity contribution is 6.24. The number of nitrogens with two attached hydrogens (primary N) is 1. The normalized spacial score (nSPS) is 28.5. The molecule has 1 amide bonds. The minimum Gasteiger partial charge on any atom is -0.508 e. The molecule has 0 heterocycles. The van der Waals surface area contributed by atoms with Gasteiger partial charge in [0.15, 0.2) is 11.4 Å². The van der Waals surface area contributed by atoms with Crippen LogP contribution in [-0.4, -0.2) is 86.5 Å². The highest BCUT2D eigenvalue weighted by Gasteiger charge is 2.64. The van der Waals surface area contributed by atoms with Gasteiger partial charge in [0.25, 0.3) is 5.91 Å². The Balaban J connectivity index is 1.60. The zero-order chi connectivity index (χ0) is 29.3. The highest BCUT2D eigenvalue weighted by atomic mass is 19.1. The van der Waals surface area contributed by atoms with E-state index < -0.39 is 69.6 Å². The van der Waals surface area contributed by atoms with E-state index in [9.17, 15) is 34.8 Å². The van der Waals surface area contributed by atoms with Crippen LogP contribution in [0.3, 0.4) is 0 Å². The maximum absolute atomic E-state index is 16.0. The number of ketones is 2. The van der Waals surface area contributed by atoms with Crippen molar-refractivity contribution in [3.8, 4) is 5.75 Å². The summed E-state index contributed by atoms with van der Waals surface area (Å²) in [7, 11) is 3.06. The maximum Gasteiger partial charge on any atom is 0.255 e. The first-order valence-corrected chi connectivity index (χ1v) is 13.7. The number of primary amides is 1. The maximum atomic E-state index is 16.0. The fraction of sp³-hybridized carbons (Fsp3) is 0.552. The van der Waals surface area contributed by atoms with Crippen molar-refractivity contribution in [3.63, 3.8) is 0 Å². The van der Waals surface area contributed by atoms with Gasteiger partial charge in [-0.1, -0.05) is 13.3 Å². The molecule has 2 fully saturated rings. The summed E-state index contributed by atoms with van der Waals surface area (Å²) < 4.78 is 16.0. The summed E-state index contributed by atoms with van der Waals surface area (Å²) in [5.74, 6) is -7.53. The number of benzene rings is 1. The number of carbonyl (C=O) groups is 3. The topological polar surface area (TPSA) is 165 Å². The van der Waals surface area contributed by atoms with Crippen molar-refractivity contribution in [2.45, 2.75) is 57.2 Å². The summed E-state index contributed by atoms with van der Waals surface area (Å²) in [6, 6.07) is 0.0651. The second-order valence-electron chi connectivity index (χ2n) is 11.8. The molecule has 4 atom stereocenters. The molecule has 0 saturated heterocycles. The third-order valence-electron chi connectivity index (χ3n) is 9.31. The van der Waals surface area contributed by atoms with Gasteiger partial charge in [-0.25, -0.2) is 4.39 Å². The van der Waals surface area contributed by atoms with Gasteiger partial charge >= 0.3 is 0 Å². The van der Waals surface area contributed by atoms with Crippen LogP contribution in [0, 0.1) is 23.6 Å². The van der Waals surface area contributed by atoms with Crippen LogP contribution in [-0.2, 0) is 27.3 Å². The van der Waals surface area contributed by atoms with E-state index in [1.54, 1.807) is 0 Å². The van der Waals surface area contributed by atoms with E-state index >= 15 is 4.39 Å². The number of amides is 1. The van der Waals surface area contributed by atoms with Crippen LogP contribution >= 0.6 is 0 Å². The second kappa shape index (κ2) is 9.97. The zero-order valence-electron chi connectivity index (χ0n) is 22.9. The molecule has 4 aliphatic rings. The first kappa shape index (κ1) is 28.3. The Bertz CT molecular complexity index is 1370. The fourth-order valence-electron chi connectivity index (χ4n) is 7.05. The van der Waals surface area contributed by atoms with Crippen molar-refractivity contribution >= 4 is 23.2 Å². The third kappa shape index (κ3) is 4.05. The van der Waals surface area contributed by atoms with E-state index in [1.165, 1.54) is 31.5 Å². The molecule has 2 saturated carbocycles. The Hall–Kier alpha value is -3.28. The van der Waals surface area contributed by atoms with Crippen LogP contribution in [0.5, 0.6) is 5.75 Å². The number of likely N-dealkylation sites (N-methyl/N-ethyl adjacent to an activating group) is 1. The molecule has 0 unspecified atom stereocenters. The number of phenols is 1. The van der Waals surface area contributed by atoms with Crippen molar-refractivity contribution in [2.75, 3.05) is 27.2 Å². The number of rotatable bonds is 7. The van der Waals surface area contributed by atoms with Crippen LogP contribution in [0.15, 0.2) is 23.0 Å². The molecule has 5 rings (SSSR count). The van der Waals surface area contributed by atoms with Crippen LogP contribution in [0.25, 0.3) is 5.76 Å². The predicted molar refractivity (Wildman–Crippen MR) is 142 cm³/mol. The van der Waals surface area contributed by atoms with Gasteiger partial charge in [0.1, 0.15) is 28.7 Å². The summed E-state index contributed by atoms with van der Waals surface area (Å²) in [4.78, 5) is 42.6. The molecule has 0 bridgehead atoms. The Labute approximate surface area is 231 Å². The summed E-state index contributed by atoms with van der Waals surface area (Å²) in [5.41, 5.74) is 1.54. The summed E-state index contributed by atoms with van der Waals surface area (Å²) in [6.07, 6.45) is 3.32. The van der Waals surface area contributed by atoms with E-state index in [4.69, 9.17) is 5.73 Å². The predicted octanol–water partition coefficient (Wildman–Crippen LogP) is 1.73. The van der Waals surface area contributed by atoms with E-state index in [0.717, 1.165) is 19.4 Å². The lowest BCUT2D eigenvalue weighted by Gasteiger charge is -2.50. The number of phenolic OH excluding ortho intramolecular Hbond substituents is 1. The van der Waals surface area contributed by atoms with Gasteiger partial charge in [0, 0.05) is 35.7 Å². The fourth-order valence-corrected chi connectivity index (χ4v) is 7.05. The van der Waals surface area contributed by atoms with Gasteiger partial charge in [0.05, 0.1) is 11.6 Å². The number of aliphatic hydroxyl groups excluding tert-OH is 2. The Morgan fingerprint density at radius 3 is 2.42 bits per heavy atom. The summed E-state index contributed by atoms with van der Waals surface area (Å²) >= 11 is 0. The number of nitrogens with zero attached hydrogens (tertiary/aromatic N) is 2. The number of aromatic hydroxyl groups is 1. The number of carbonyl (C=O) groups excluding carboxylic acids is 3. The van der Waals surface area contributed by atoms with Crippen molar-refractivity contribution in [1.29, 1.82) is 0 Å². The Kier molecular flexibility index (Phi) is 7.04.